The number of carbonyl (C=O) groups excluding carboxylic acids is 1. The fraction of sp³-hybridized carbons (Fsp3) is 0.414. The van der Waals surface area contributed by atoms with E-state index in [2.05, 4.69) is 92.5 Å². The van der Waals surface area contributed by atoms with Crippen LogP contribution in [0, 0.1) is 0 Å². The maximum absolute atomic E-state index is 11.3. The summed E-state index contributed by atoms with van der Waals surface area (Å²) in [5.41, 5.74) is 4.50. The molecule has 3 aromatic carbocycles. The summed E-state index contributed by atoms with van der Waals surface area (Å²) in [6.45, 7) is 5.29. The van der Waals surface area contributed by atoms with Gasteiger partial charge in [0.1, 0.15) is 0 Å². The summed E-state index contributed by atoms with van der Waals surface area (Å²) in [5, 5.41) is 11.4. The van der Waals surface area contributed by atoms with Crippen LogP contribution in [-0.4, -0.2) is 53.1 Å². The smallest absolute Gasteiger partial charge is 0.243 e. The van der Waals surface area contributed by atoms with Gasteiger partial charge >= 0.3 is 0 Å². The average molecular weight is 539 g/mol. The molecule has 0 spiro atoms. The summed E-state index contributed by atoms with van der Waals surface area (Å²) >= 11 is 3.60. The van der Waals surface area contributed by atoms with Gasteiger partial charge in [0.25, 0.3) is 0 Å². The Bertz CT molecular complexity index is 1100. The molecule has 186 valence electrons. The molecular formula is C29H36BrN3O2. The van der Waals surface area contributed by atoms with E-state index in [1.807, 2.05) is 0 Å². The third-order valence-corrected chi connectivity index (χ3v) is 7.57. The van der Waals surface area contributed by atoms with Gasteiger partial charge in [-0.25, -0.2) is 5.48 Å². The quantitative estimate of drug-likeness (QED) is 0.174. The van der Waals surface area contributed by atoms with E-state index in [9.17, 15) is 4.79 Å². The Morgan fingerprint density at radius 1 is 1.03 bits per heavy atom. The molecule has 1 unspecified atom stereocenters. The first-order valence-corrected chi connectivity index (χ1v) is 13.5. The number of benzene rings is 3. The van der Waals surface area contributed by atoms with E-state index < -0.39 is 0 Å². The highest BCUT2D eigenvalue weighted by atomic mass is 79.9. The Morgan fingerprint density at radius 2 is 1.86 bits per heavy atom. The number of hydrogen-bond acceptors (Lipinski definition) is 4. The molecule has 1 saturated heterocycles. The van der Waals surface area contributed by atoms with Gasteiger partial charge in [-0.05, 0) is 66.3 Å². The maximum Gasteiger partial charge on any atom is 0.243 e. The lowest BCUT2D eigenvalue weighted by atomic mass is 10.0. The second-order valence-electron chi connectivity index (χ2n) is 9.58. The van der Waals surface area contributed by atoms with Crippen LogP contribution in [0.25, 0.3) is 10.8 Å². The van der Waals surface area contributed by atoms with Crippen molar-refractivity contribution in [2.24, 2.45) is 0 Å². The molecule has 0 aromatic heterocycles. The normalized spacial score (nSPS) is 16.3. The zero-order valence-corrected chi connectivity index (χ0v) is 21.9. The number of carbonyl (C=O) groups is 1. The van der Waals surface area contributed by atoms with Crippen molar-refractivity contribution >= 4 is 32.6 Å². The van der Waals surface area contributed by atoms with E-state index in [1.165, 1.54) is 28.3 Å². The Balaban J connectivity index is 1.37. The van der Waals surface area contributed by atoms with Crippen LogP contribution in [0.15, 0.2) is 71.2 Å². The van der Waals surface area contributed by atoms with Crippen molar-refractivity contribution in [1.82, 2.24) is 15.3 Å². The van der Waals surface area contributed by atoms with Crippen LogP contribution in [0.5, 0.6) is 0 Å². The largest absolute Gasteiger partial charge is 0.299 e. The van der Waals surface area contributed by atoms with Crippen LogP contribution < -0.4 is 5.48 Å². The Morgan fingerprint density at radius 3 is 2.71 bits per heavy atom. The van der Waals surface area contributed by atoms with E-state index in [0.717, 1.165) is 62.9 Å². The number of unbranched alkanes of at least 4 members (excludes halogenated alkanes) is 2. The van der Waals surface area contributed by atoms with Crippen molar-refractivity contribution in [3.8, 4) is 0 Å². The van der Waals surface area contributed by atoms with Crippen LogP contribution in [0.4, 0.5) is 0 Å². The third kappa shape index (κ3) is 7.61. The summed E-state index contributed by atoms with van der Waals surface area (Å²) in [6.07, 6.45) is 5.48. The maximum atomic E-state index is 11.3. The molecule has 0 bridgehead atoms. The van der Waals surface area contributed by atoms with Gasteiger partial charge in [-0.3, -0.25) is 19.8 Å². The molecule has 5 nitrogen and oxygen atoms in total. The van der Waals surface area contributed by atoms with Gasteiger partial charge in [-0.15, -0.1) is 0 Å². The van der Waals surface area contributed by atoms with Crippen molar-refractivity contribution in [2.75, 3.05) is 26.2 Å². The number of nitrogens with one attached hydrogen (secondary N) is 1. The highest BCUT2D eigenvalue weighted by Crippen LogP contribution is 2.23. The van der Waals surface area contributed by atoms with Crippen molar-refractivity contribution in [3.63, 3.8) is 0 Å². The monoisotopic (exact) mass is 537 g/mol. The molecule has 2 N–H and O–H groups in total. The predicted octanol–water partition coefficient (Wildman–Crippen LogP) is 5.79. The molecule has 1 aliphatic rings. The molecule has 3 aromatic rings. The molecular weight excluding hydrogens is 502 g/mol. The Labute approximate surface area is 217 Å². The predicted molar refractivity (Wildman–Crippen MR) is 145 cm³/mol. The van der Waals surface area contributed by atoms with E-state index in [0.29, 0.717) is 12.5 Å². The highest BCUT2D eigenvalue weighted by molar-refractivity contribution is 9.10. The zero-order chi connectivity index (χ0) is 24.5. The first kappa shape index (κ1) is 25.8. The number of halogens is 1. The summed E-state index contributed by atoms with van der Waals surface area (Å²) in [4.78, 5) is 16.6. The molecule has 35 heavy (non-hydrogen) atoms. The SMILES string of the molecule is O=C(CCCCCN(CCc1cccc2ccccc12)C1CCN(Cc2cccc(Br)c2)C1)NO. The van der Waals surface area contributed by atoms with Crippen LogP contribution in [0.1, 0.15) is 43.2 Å². The van der Waals surface area contributed by atoms with Crippen LogP contribution >= 0.6 is 15.9 Å². The Kier molecular flexibility index (Phi) is 9.72. The van der Waals surface area contributed by atoms with Crippen molar-refractivity contribution in [2.45, 2.75) is 51.1 Å². The minimum Gasteiger partial charge on any atom is -0.299 e. The van der Waals surface area contributed by atoms with Crippen LogP contribution in [0.3, 0.4) is 0 Å². The Hall–Kier alpha value is -2.25. The standard InChI is InChI=1S/C29H36BrN3O2/c30-26-12-6-8-23(20-26)21-32-18-16-27(22-32)33(17-5-1-2-14-29(34)31-35)19-15-25-11-7-10-24-9-3-4-13-28(24)25/h3-4,6-13,20,27,35H,1-2,5,14-19,21-22H2,(H,31,34). The molecule has 0 saturated carbocycles. The number of rotatable bonds is 12. The van der Waals surface area contributed by atoms with E-state index in [1.54, 1.807) is 5.48 Å². The fourth-order valence-corrected chi connectivity index (χ4v) is 5.68. The van der Waals surface area contributed by atoms with Gasteiger partial charge < -0.3 is 0 Å². The van der Waals surface area contributed by atoms with Crippen LogP contribution in [0.2, 0.25) is 0 Å². The zero-order valence-electron chi connectivity index (χ0n) is 20.3. The van der Waals surface area contributed by atoms with Gasteiger partial charge in [0, 0.05) is 43.1 Å². The van der Waals surface area contributed by atoms with Gasteiger partial charge in [0.05, 0.1) is 0 Å². The number of hydrogen-bond donors (Lipinski definition) is 2. The second-order valence-corrected chi connectivity index (χ2v) is 10.5. The second kappa shape index (κ2) is 13.2. The first-order valence-electron chi connectivity index (χ1n) is 12.7. The lowest BCUT2D eigenvalue weighted by Gasteiger charge is -2.29. The molecule has 1 amide bonds. The first-order chi connectivity index (χ1) is 17.1. The summed E-state index contributed by atoms with van der Waals surface area (Å²) in [5.74, 6) is -0.295. The minimum absolute atomic E-state index is 0.295. The topological polar surface area (TPSA) is 55.8 Å². The van der Waals surface area contributed by atoms with Gasteiger partial charge in [0.2, 0.25) is 5.91 Å². The number of fused-ring (bicyclic) bond motifs is 1. The van der Waals surface area contributed by atoms with Crippen LogP contribution in [-0.2, 0) is 17.8 Å². The lowest BCUT2D eigenvalue weighted by Crippen LogP contribution is -2.39. The van der Waals surface area contributed by atoms with E-state index in [-0.39, 0.29) is 5.91 Å². The molecule has 1 aliphatic heterocycles. The summed E-state index contributed by atoms with van der Waals surface area (Å²) < 4.78 is 1.14. The molecule has 1 atom stereocenters. The van der Waals surface area contributed by atoms with Gasteiger partial charge in [-0.2, -0.15) is 0 Å². The van der Waals surface area contributed by atoms with Crippen molar-refractivity contribution in [3.05, 3.63) is 82.3 Å². The molecule has 0 radical (unpaired) electrons. The number of nitrogens with zero attached hydrogens (tertiary/aromatic N) is 2. The molecule has 1 heterocycles. The molecule has 4 rings (SSSR count). The number of likely N-dealkylation sites (tertiary alicyclic amines) is 1. The molecule has 0 aliphatic carbocycles. The lowest BCUT2D eigenvalue weighted by molar-refractivity contribution is -0.129. The number of amides is 1. The van der Waals surface area contributed by atoms with E-state index in [4.69, 9.17) is 5.21 Å². The fourth-order valence-electron chi connectivity index (χ4n) is 5.23. The van der Waals surface area contributed by atoms with Crippen molar-refractivity contribution in [1.29, 1.82) is 0 Å². The summed E-state index contributed by atoms with van der Waals surface area (Å²) in [7, 11) is 0. The minimum atomic E-state index is -0.295. The molecule has 1 fully saturated rings. The highest BCUT2D eigenvalue weighted by Gasteiger charge is 2.27. The summed E-state index contributed by atoms with van der Waals surface area (Å²) in [6, 6.07) is 24.5. The van der Waals surface area contributed by atoms with Crippen molar-refractivity contribution < 1.29 is 10.0 Å². The van der Waals surface area contributed by atoms with Gasteiger partial charge in [-0.1, -0.05) is 76.9 Å². The third-order valence-electron chi connectivity index (χ3n) is 7.08. The van der Waals surface area contributed by atoms with E-state index >= 15 is 0 Å². The number of hydroxylamine groups is 1. The average Bonchev–Trinajstić information content (AvgIpc) is 3.33. The molecule has 6 heteroatoms. The van der Waals surface area contributed by atoms with Gasteiger partial charge in [0.15, 0.2) is 0 Å².